The van der Waals surface area contributed by atoms with Crippen LogP contribution in [0.5, 0.6) is 0 Å². The highest BCUT2D eigenvalue weighted by Gasteiger charge is 2.61. The lowest BCUT2D eigenvalue weighted by molar-refractivity contribution is -0.410. The highest BCUT2D eigenvalue weighted by Crippen LogP contribution is 2.41. The van der Waals surface area contributed by atoms with Crippen LogP contribution in [-0.4, -0.2) is 444 Å². The summed E-state index contributed by atoms with van der Waals surface area (Å²) in [6.07, 6.45) is -81.5. The molecule has 0 unspecified atom stereocenters. The molecule has 0 aromatic carbocycles. The van der Waals surface area contributed by atoms with E-state index in [9.17, 15) is 112 Å². The molecule has 0 bridgehead atoms. The Labute approximate surface area is 558 Å². The molecule has 9 aliphatic heterocycles. The largest absolute Gasteiger partial charge is 0.394 e. The molecule has 9 aliphatic rings. The van der Waals surface area contributed by atoms with Gasteiger partial charge in [-0.1, -0.05) is 0 Å². The molecule has 9 fully saturated rings. The van der Waals surface area contributed by atoms with Gasteiger partial charge in [0.05, 0.1) is 58.0 Å². The molecule has 9 rings (SSSR count). The van der Waals surface area contributed by atoms with Crippen LogP contribution in [0.25, 0.3) is 0 Å². The van der Waals surface area contributed by atoms with Crippen LogP contribution in [-0.2, 0) is 94.7 Å². The first kappa shape index (κ1) is 80.4. The highest BCUT2D eigenvalue weighted by molar-refractivity contribution is 5.02. The van der Waals surface area contributed by atoms with Crippen molar-refractivity contribution >= 4 is 0 Å². The van der Waals surface area contributed by atoms with Gasteiger partial charge in [-0.15, -0.1) is 0 Å². The average Bonchev–Trinajstić information content (AvgIpc) is 0.915. The van der Waals surface area contributed by atoms with Gasteiger partial charge in [-0.3, -0.25) is 0 Å². The Kier molecular flexibility index (Phi) is 28.5. The third-order valence-electron chi connectivity index (χ3n) is 18.9. The third-order valence-corrected chi connectivity index (χ3v) is 18.9. The number of hydrogen-bond donors (Lipinski definition) is 22. The van der Waals surface area contributed by atoms with Gasteiger partial charge in [0.2, 0.25) is 0 Å². The molecule has 0 aliphatic carbocycles. The van der Waals surface area contributed by atoms with Gasteiger partial charge < -0.3 is 207 Å². The predicted octanol–water partition coefficient (Wildman–Crippen LogP) is -14.9. The second kappa shape index (κ2) is 34.7. The SMILES string of the molecule is COC[C@H]1O[C@H](O[C@H]2O[C@H](CO)[C@@H](O)[C@H](O)[C@H]2O)[C@H](O)[C@@H](O[C@@H]2O[C@@H](C)[C@H](O)[C@@H](O[C@@H]3O[C@H](CO)[C@@H](O)[C@H](O[C@@H]4O[C@H](CO)[C@@H](O)[C@H](O[C@@H]5O[C@@H](C)[C@H](O)[C@@H](O[C@@H]6O[C@@H](CO)[C@H](O)[C@@H](OC)[C@H]6O[C@@H]6O[C@@H](C)[C@H](OC)[C@@H](O)[C@H]6O)[C@H]5O[C@H]5O[C@H](CO)[C@@H](O)[C@@H]5O)[C@H]4O)[C@H]3O)[C@H]2O)[C@@H]1O. The minimum Gasteiger partial charge on any atom is -0.394 e. The normalized spacial score (nSPS) is 53.6. The van der Waals surface area contributed by atoms with E-state index in [2.05, 4.69) is 0 Å². The van der Waals surface area contributed by atoms with E-state index < -0.39 is 310 Å². The van der Waals surface area contributed by atoms with Crippen molar-refractivity contribution in [1.82, 2.24) is 0 Å². The molecule has 22 N–H and O–H groups in total. The van der Waals surface area contributed by atoms with Crippen LogP contribution in [0, 0.1) is 0 Å². The van der Waals surface area contributed by atoms with Crippen LogP contribution in [0.15, 0.2) is 0 Å². The molecular formula is C56H96O42. The smallest absolute Gasteiger partial charge is 0.189 e. The van der Waals surface area contributed by atoms with E-state index in [0.717, 1.165) is 7.11 Å². The van der Waals surface area contributed by atoms with E-state index in [1.165, 1.54) is 35.0 Å². The first-order chi connectivity index (χ1) is 46.5. The molecule has 0 saturated carbocycles. The molecule has 42 nitrogen and oxygen atoms in total. The standard InChI is InChI=1S/C56H96O42/c1-13-22(62)40(35(75)51(82-13)92-43-29(69)21(12-79-4)90-54(38(43)78)98-50-33(73)30(70)24(64)16(7-57)86-50)91-52-36(76)41(26(66)18(9-59)87-52)93-53-37(77)42(27(67)19(10-60)88-53)94-55-47(97-49-32(72)25(65)17(8-58)85-49)45(23(63)14(2)83-55)95-56-46(44(81-6)28(68)20(11-61)89-56)96-48-34(74)31(71)39(80-5)15(3)84-48/h13-78H,7-12H2,1-6H3/t13-,14-,15-,16+,17+,18+,19+,20-,21+,22-,23-,24+,25+,26+,27+,28-,29+,30-,31-,32-,33+,34+,35+,36+,37+,38+,39-,40+,41-,42-,43-,44+,45+,46+,47+,48-,49+,50+,51-,52-,53-,54+,55-,56-/m0/s1. The maximum atomic E-state index is 12.2. The monoisotopic (exact) mass is 1440 g/mol. The summed E-state index contributed by atoms with van der Waals surface area (Å²) in [7, 11) is 3.60. The fourth-order valence-electron chi connectivity index (χ4n) is 13.2. The fourth-order valence-corrected chi connectivity index (χ4v) is 13.2. The van der Waals surface area contributed by atoms with E-state index >= 15 is 0 Å². The number of aliphatic hydroxyl groups excluding tert-OH is 22. The Hall–Kier alpha value is -1.68. The van der Waals surface area contributed by atoms with Gasteiger partial charge in [0.1, 0.15) is 195 Å². The molecule has 0 radical (unpaired) electrons. The topological polar surface area (TPSA) is 630 Å². The molecule has 9 heterocycles. The zero-order chi connectivity index (χ0) is 71.8. The van der Waals surface area contributed by atoms with Crippen molar-refractivity contribution in [2.24, 2.45) is 0 Å². The van der Waals surface area contributed by atoms with Gasteiger partial charge in [-0.25, -0.2) is 0 Å². The van der Waals surface area contributed by atoms with Crippen LogP contribution >= 0.6 is 0 Å². The molecule has 0 spiro atoms. The number of aliphatic hydroxyl groups is 22. The van der Waals surface area contributed by atoms with Crippen molar-refractivity contribution in [2.75, 3.05) is 61.0 Å². The van der Waals surface area contributed by atoms with Crippen molar-refractivity contribution in [3.63, 3.8) is 0 Å². The van der Waals surface area contributed by atoms with Crippen molar-refractivity contribution in [2.45, 2.75) is 291 Å². The molecule has 0 aromatic heterocycles. The molecule has 9 saturated heterocycles. The van der Waals surface area contributed by atoms with E-state index in [1.807, 2.05) is 0 Å². The van der Waals surface area contributed by atoms with E-state index in [4.69, 9.17) is 94.7 Å². The van der Waals surface area contributed by atoms with Gasteiger partial charge in [0.15, 0.2) is 56.6 Å². The first-order valence-electron chi connectivity index (χ1n) is 31.8. The molecule has 98 heavy (non-hydrogen) atoms. The van der Waals surface area contributed by atoms with Crippen molar-refractivity contribution < 1.29 is 207 Å². The van der Waals surface area contributed by atoms with E-state index in [0.29, 0.717) is 0 Å². The Morgan fingerprint density at radius 1 is 0.214 bits per heavy atom. The summed E-state index contributed by atoms with van der Waals surface area (Å²) in [4.78, 5) is 0. The maximum absolute atomic E-state index is 12.2. The summed E-state index contributed by atoms with van der Waals surface area (Å²) in [6.45, 7) is -1.21. The van der Waals surface area contributed by atoms with Crippen LogP contribution < -0.4 is 0 Å². The van der Waals surface area contributed by atoms with Crippen LogP contribution in [0.1, 0.15) is 20.8 Å². The van der Waals surface area contributed by atoms with E-state index in [1.54, 1.807) is 0 Å². The Morgan fingerprint density at radius 3 is 0.939 bits per heavy atom. The van der Waals surface area contributed by atoms with Crippen LogP contribution in [0.3, 0.4) is 0 Å². The number of rotatable bonds is 25. The summed E-state index contributed by atoms with van der Waals surface area (Å²) >= 11 is 0. The highest BCUT2D eigenvalue weighted by atomic mass is 16.8. The molecule has 44 atom stereocenters. The van der Waals surface area contributed by atoms with Gasteiger partial charge in [0, 0.05) is 21.3 Å². The zero-order valence-electron chi connectivity index (χ0n) is 53.6. The van der Waals surface area contributed by atoms with Gasteiger partial charge in [-0.2, -0.15) is 0 Å². The quantitative estimate of drug-likeness (QED) is 0.0404. The summed E-state index contributed by atoms with van der Waals surface area (Å²) in [5.74, 6) is 0. The molecule has 42 heteroatoms. The minimum atomic E-state index is -2.35. The Morgan fingerprint density at radius 2 is 0.480 bits per heavy atom. The fraction of sp³-hybridized carbons (Fsp3) is 1.00. The Balaban J connectivity index is 0.951. The molecule has 0 amide bonds. The summed E-state index contributed by atoms with van der Waals surface area (Å²) in [5.41, 5.74) is 0. The lowest BCUT2D eigenvalue weighted by atomic mass is 9.95. The van der Waals surface area contributed by atoms with Gasteiger partial charge >= 0.3 is 0 Å². The number of ether oxygens (including phenoxy) is 20. The van der Waals surface area contributed by atoms with Crippen LogP contribution in [0.2, 0.25) is 0 Å². The zero-order valence-corrected chi connectivity index (χ0v) is 53.6. The number of methoxy groups -OCH3 is 3. The van der Waals surface area contributed by atoms with Crippen molar-refractivity contribution in [1.29, 1.82) is 0 Å². The first-order valence-corrected chi connectivity index (χ1v) is 31.8. The lowest BCUT2D eigenvalue weighted by Crippen LogP contribution is -2.69. The average molecular weight is 1440 g/mol. The minimum absolute atomic E-state index is 0.416. The summed E-state index contributed by atoms with van der Waals surface area (Å²) < 4.78 is 117. The molecule has 572 valence electrons. The summed E-state index contributed by atoms with van der Waals surface area (Å²) in [5, 5.41) is 244. The second-order valence-corrected chi connectivity index (χ2v) is 25.3. The van der Waals surface area contributed by atoms with Gasteiger partial charge in [-0.05, 0) is 20.8 Å². The molecule has 0 aromatic rings. The predicted molar refractivity (Wildman–Crippen MR) is 301 cm³/mol. The molecular weight excluding hydrogens is 1340 g/mol. The van der Waals surface area contributed by atoms with Crippen molar-refractivity contribution in [3.05, 3.63) is 0 Å². The summed E-state index contributed by atoms with van der Waals surface area (Å²) in [6, 6.07) is 0. The third kappa shape index (κ3) is 16.5. The van der Waals surface area contributed by atoms with E-state index in [-0.39, 0.29) is 0 Å². The lowest BCUT2D eigenvalue weighted by Gasteiger charge is -2.51. The van der Waals surface area contributed by atoms with Gasteiger partial charge in [0.25, 0.3) is 0 Å². The Bertz CT molecular complexity index is 2400. The van der Waals surface area contributed by atoms with Crippen molar-refractivity contribution in [3.8, 4) is 0 Å². The maximum Gasteiger partial charge on any atom is 0.189 e. The second-order valence-electron chi connectivity index (χ2n) is 25.3. The number of hydrogen-bond acceptors (Lipinski definition) is 42. The van der Waals surface area contributed by atoms with Crippen LogP contribution in [0.4, 0.5) is 0 Å².